The Morgan fingerprint density at radius 3 is 2.78 bits per heavy atom. The molecular weight excluding hydrogens is 297 g/mol. The second-order valence-corrected chi connectivity index (χ2v) is 5.67. The van der Waals surface area contributed by atoms with Crippen LogP contribution in [0.15, 0.2) is 30.5 Å². The smallest absolute Gasteiger partial charge is 0.254 e. The van der Waals surface area contributed by atoms with Crippen molar-refractivity contribution in [1.29, 1.82) is 0 Å². The monoisotopic (exact) mass is 319 g/mol. The number of amides is 1. The minimum Gasteiger partial charge on any atom is -0.391 e. The number of aliphatic hydroxyl groups is 1. The largest absolute Gasteiger partial charge is 0.391 e. The number of rotatable bonds is 6. The van der Waals surface area contributed by atoms with E-state index in [1.54, 1.807) is 25.1 Å². The number of aliphatic hydroxyl groups excluding tert-OH is 1. The molecule has 124 valence electrons. The summed E-state index contributed by atoms with van der Waals surface area (Å²) >= 11 is 0. The third-order valence-corrected chi connectivity index (χ3v) is 4.11. The molecule has 6 heteroatoms. The van der Waals surface area contributed by atoms with Crippen LogP contribution in [0.25, 0.3) is 5.69 Å². The maximum Gasteiger partial charge on any atom is 0.254 e. The molecular formula is C17H22FN3O2. The van der Waals surface area contributed by atoms with Gasteiger partial charge in [0.1, 0.15) is 11.5 Å². The number of nitrogens with zero attached hydrogens (tertiary/aromatic N) is 2. The number of halogens is 1. The summed E-state index contributed by atoms with van der Waals surface area (Å²) in [5.74, 6) is -0.622. The van der Waals surface area contributed by atoms with E-state index in [1.807, 2.05) is 13.8 Å². The minimum absolute atomic E-state index is 0.109. The molecule has 2 unspecified atom stereocenters. The van der Waals surface area contributed by atoms with Crippen molar-refractivity contribution in [2.45, 2.75) is 33.3 Å². The van der Waals surface area contributed by atoms with Crippen LogP contribution in [0.4, 0.5) is 4.39 Å². The van der Waals surface area contributed by atoms with Crippen molar-refractivity contribution in [3.8, 4) is 5.69 Å². The predicted octanol–water partition coefficient (Wildman–Crippen LogP) is 2.46. The second kappa shape index (κ2) is 7.37. The molecule has 1 amide bonds. The number of hydrogen-bond donors (Lipinski definition) is 2. The Bertz CT molecular complexity index is 684. The zero-order valence-electron chi connectivity index (χ0n) is 13.6. The molecule has 0 saturated heterocycles. The summed E-state index contributed by atoms with van der Waals surface area (Å²) in [6.45, 7) is 5.80. The van der Waals surface area contributed by atoms with E-state index < -0.39 is 11.9 Å². The molecule has 2 atom stereocenters. The highest BCUT2D eigenvalue weighted by atomic mass is 19.1. The van der Waals surface area contributed by atoms with Gasteiger partial charge in [0, 0.05) is 6.54 Å². The zero-order chi connectivity index (χ0) is 17.0. The van der Waals surface area contributed by atoms with Crippen molar-refractivity contribution in [1.82, 2.24) is 15.1 Å². The first-order valence-electron chi connectivity index (χ1n) is 7.71. The van der Waals surface area contributed by atoms with Gasteiger partial charge in [-0.15, -0.1) is 0 Å². The molecule has 0 fully saturated rings. The maximum absolute atomic E-state index is 13.9. The van der Waals surface area contributed by atoms with Gasteiger partial charge in [0.25, 0.3) is 5.91 Å². The Morgan fingerprint density at radius 1 is 1.43 bits per heavy atom. The molecule has 5 nitrogen and oxygen atoms in total. The van der Waals surface area contributed by atoms with Gasteiger partial charge in [0.15, 0.2) is 0 Å². The second-order valence-electron chi connectivity index (χ2n) is 5.67. The Labute approximate surface area is 135 Å². The van der Waals surface area contributed by atoms with Gasteiger partial charge in [-0.2, -0.15) is 5.10 Å². The topological polar surface area (TPSA) is 67.2 Å². The van der Waals surface area contributed by atoms with Gasteiger partial charge in [-0.25, -0.2) is 9.07 Å². The van der Waals surface area contributed by atoms with E-state index in [2.05, 4.69) is 10.4 Å². The first-order valence-corrected chi connectivity index (χ1v) is 7.71. The van der Waals surface area contributed by atoms with Gasteiger partial charge in [-0.1, -0.05) is 32.4 Å². The minimum atomic E-state index is -0.592. The summed E-state index contributed by atoms with van der Waals surface area (Å²) in [6, 6.07) is 6.26. The summed E-state index contributed by atoms with van der Waals surface area (Å²) in [7, 11) is 0. The van der Waals surface area contributed by atoms with Crippen LogP contribution in [0.3, 0.4) is 0 Å². The summed E-state index contributed by atoms with van der Waals surface area (Å²) in [5, 5.41) is 16.7. The number of carbonyl (C=O) groups is 1. The van der Waals surface area contributed by atoms with Gasteiger partial charge in [-0.05, 0) is 25.0 Å². The van der Waals surface area contributed by atoms with E-state index in [1.165, 1.54) is 16.9 Å². The fourth-order valence-electron chi connectivity index (χ4n) is 2.26. The molecule has 23 heavy (non-hydrogen) atoms. The van der Waals surface area contributed by atoms with Crippen LogP contribution >= 0.6 is 0 Å². The number of nitrogens with one attached hydrogen (secondary N) is 1. The highest BCUT2D eigenvalue weighted by molar-refractivity contribution is 5.95. The lowest BCUT2D eigenvalue weighted by Crippen LogP contribution is -2.35. The van der Waals surface area contributed by atoms with Gasteiger partial charge in [0.05, 0.1) is 23.6 Å². The SMILES string of the molecule is CCC(C)C(O)CNC(=O)c1cnn(-c2ccccc2F)c1C. The summed E-state index contributed by atoms with van der Waals surface area (Å²) in [4.78, 5) is 12.2. The molecule has 0 saturated carbocycles. The fraction of sp³-hybridized carbons (Fsp3) is 0.412. The molecule has 0 bridgehead atoms. The number of benzene rings is 1. The Hall–Kier alpha value is -2.21. The van der Waals surface area contributed by atoms with Crippen LogP contribution in [-0.4, -0.2) is 33.4 Å². The number of carbonyl (C=O) groups excluding carboxylic acids is 1. The van der Waals surface area contributed by atoms with E-state index in [0.717, 1.165) is 6.42 Å². The molecule has 0 spiro atoms. The van der Waals surface area contributed by atoms with Crippen LogP contribution in [-0.2, 0) is 0 Å². The van der Waals surface area contributed by atoms with Gasteiger partial charge >= 0.3 is 0 Å². The summed E-state index contributed by atoms with van der Waals surface area (Å²) in [6.07, 6.45) is 1.65. The van der Waals surface area contributed by atoms with E-state index in [0.29, 0.717) is 16.9 Å². The molecule has 2 rings (SSSR count). The first-order chi connectivity index (χ1) is 11.0. The normalized spacial score (nSPS) is 13.6. The van der Waals surface area contributed by atoms with Crippen molar-refractivity contribution < 1.29 is 14.3 Å². The summed E-state index contributed by atoms with van der Waals surface area (Å²) in [5.41, 5.74) is 1.21. The third-order valence-electron chi connectivity index (χ3n) is 4.11. The van der Waals surface area contributed by atoms with E-state index in [-0.39, 0.29) is 18.4 Å². The number of hydrogen-bond acceptors (Lipinski definition) is 3. The van der Waals surface area contributed by atoms with Crippen LogP contribution < -0.4 is 5.32 Å². The number of aromatic nitrogens is 2. The predicted molar refractivity (Wildman–Crippen MR) is 86.1 cm³/mol. The lowest BCUT2D eigenvalue weighted by Gasteiger charge is -2.17. The standard InChI is InChI=1S/C17H22FN3O2/c1-4-11(2)16(22)10-19-17(23)13-9-20-21(12(13)3)15-8-6-5-7-14(15)18/h5-9,11,16,22H,4,10H2,1-3H3,(H,19,23). The van der Waals surface area contributed by atoms with Crippen molar-refractivity contribution in [2.24, 2.45) is 5.92 Å². The highest BCUT2D eigenvalue weighted by Crippen LogP contribution is 2.17. The summed E-state index contributed by atoms with van der Waals surface area (Å²) < 4.78 is 15.3. The van der Waals surface area contributed by atoms with Crippen LogP contribution in [0.2, 0.25) is 0 Å². The molecule has 2 N–H and O–H groups in total. The van der Waals surface area contributed by atoms with Gasteiger partial charge in [-0.3, -0.25) is 4.79 Å². The van der Waals surface area contributed by atoms with Crippen molar-refractivity contribution >= 4 is 5.91 Å². The molecule has 0 radical (unpaired) electrons. The van der Waals surface area contributed by atoms with Crippen LogP contribution in [0.5, 0.6) is 0 Å². The maximum atomic E-state index is 13.9. The Balaban J connectivity index is 2.13. The molecule has 0 aliphatic rings. The van der Waals surface area contributed by atoms with Crippen LogP contribution in [0, 0.1) is 18.7 Å². The van der Waals surface area contributed by atoms with Crippen molar-refractivity contribution in [2.75, 3.05) is 6.54 Å². The highest BCUT2D eigenvalue weighted by Gasteiger charge is 2.18. The van der Waals surface area contributed by atoms with Gasteiger partial charge in [0.2, 0.25) is 0 Å². The van der Waals surface area contributed by atoms with E-state index in [4.69, 9.17) is 0 Å². The molecule has 0 aliphatic heterocycles. The fourth-order valence-corrected chi connectivity index (χ4v) is 2.26. The number of para-hydroxylation sites is 1. The van der Waals surface area contributed by atoms with Crippen LogP contribution in [0.1, 0.15) is 36.3 Å². The lowest BCUT2D eigenvalue weighted by molar-refractivity contribution is 0.0849. The van der Waals surface area contributed by atoms with Crippen molar-refractivity contribution in [3.63, 3.8) is 0 Å². The molecule has 1 aromatic carbocycles. The first kappa shape index (κ1) is 17.1. The molecule has 2 aromatic rings. The van der Waals surface area contributed by atoms with Gasteiger partial charge < -0.3 is 10.4 Å². The molecule has 1 heterocycles. The third kappa shape index (κ3) is 3.76. The Kier molecular flexibility index (Phi) is 5.50. The van der Waals surface area contributed by atoms with E-state index >= 15 is 0 Å². The van der Waals surface area contributed by atoms with Crippen molar-refractivity contribution in [3.05, 3.63) is 47.5 Å². The quantitative estimate of drug-likeness (QED) is 0.859. The zero-order valence-corrected chi connectivity index (χ0v) is 13.6. The Morgan fingerprint density at radius 2 is 2.13 bits per heavy atom. The molecule has 0 aliphatic carbocycles. The average molecular weight is 319 g/mol. The molecule has 1 aromatic heterocycles. The van der Waals surface area contributed by atoms with E-state index in [9.17, 15) is 14.3 Å². The lowest BCUT2D eigenvalue weighted by atomic mass is 10.0. The average Bonchev–Trinajstić information content (AvgIpc) is 2.93.